The molecule has 0 spiro atoms. The maximum atomic E-state index is 12.7. The molecule has 3 N–H and O–H groups in total. The van der Waals surface area contributed by atoms with Crippen LogP contribution in [-0.2, 0) is 20.7 Å². The third kappa shape index (κ3) is 3.81. The summed E-state index contributed by atoms with van der Waals surface area (Å²) in [4.78, 5) is 24.4. The minimum Gasteiger partial charge on any atom is -0.481 e. The zero-order valence-corrected chi connectivity index (χ0v) is 16.5. The summed E-state index contributed by atoms with van der Waals surface area (Å²) in [6, 6.07) is 17.0. The van der Waals surface area contributed by atoms with Crippen LogP contribution in [0.5, 0.6) is 0 Å². The predicted octanol–water partition coefficient (Wildman–Crippen LogP) is 3.67. The minimum absolute atomic E-state index is 0.0851. The number of carboxylic acid groups (broad SMARTS) is 1. The van der Waals surface area contributed by atoms with Gasteiger partial charge in [-0.3, -0.25) is 9.59 Å². The van der Waals surface area contributed by atoms with Crippen molar-refractivity contribution in [2.75, 3.05) is 6.61 Å². The maximum Gasteiger partial charge on any atom is 0.321 e. The number of hydrogen-bond acceptors (Lipinski definition) is 5. The first-order valence-electron chi connectivity index (χ1n) is 9.40. The van der Waals surface area contributed by atoms with Gasteiger partial charge in [0.05, 0.1) is 0 Å². The fourth-order valence-corrected chi connectivity index (χ4v) is 4.63. The highest BCUT2D eigenvalue weighted by Crippen LogP contribution is 2.44. The van der Waals surface area contributed by atoms with Crippen molar-refractivity contribution in [1.82, 2.24) is 0 Å². The van der Waals surface area contributed by atoms with E-state index in [0.29, 0.717) is 6.42 Å². The summed E-state index contributed by atoms with van der Waals surface area (Å²) >= 11 is 1.50. The van der Waals surface area contributed by atoms with Gasteiger partial charge in [0.1, 0.15) is 6.61 Å². The number of hydrogen-bond donors (Lipinski definition) is 2. The summed E-state index contributed by atoms with van der Waals surface area (Å²) in [5.41, 5.74) is 11.4. The monoisotopic (exact) mass is 407 g/mol. The van der Waals surface area contributed by atoms with Crippen LogP contribution in [0.1, 0.15) is 22.6 Å². The van der Waals surface area contributed by atoms with Crippen molar-refractivity contribution in [3.05, 3.63) is 82.0 Å². The van der Waals surface area contributed by atoms with Gasteiger partial charge in [0, 0.05) is 12.0 Å². The Morgan fingerprint density at radius 2 is 1.66 bits per heavy atom. The van der Waals surface area contributed by atoms with Gasteiger partial charge in [-0.1, -0.05) is 48.5 Å². The van der Waals surface area contributed by atoms with Crippen molar-refractivity contribution in [2.45, 2.75) is 18.4 Å². The minimum atomic E-state index is -1.40. The molecule has 0 aliphatic heterocycles. The van der Waals surface area contributed by atoms with Crippen molar-refractivity contribution < 1.29 is 19.4 Å². The number of carboxylic acids is 1. The molecule has 0 radical (unpaired) electrons. The summed E-state index contributed by atoms with van der Waals surface area (Å²) in [7, 11) is 0. The van der Waals surface area contributed by atoms with Crippen LogP contribution in [0.4, 0.5) is 0 Å². The predicted molar refractivity (Wildman–Crippen MR) is 112 cm³/mol. The van der Waals surface area contributed by atoms with Gasteiger partial charge in [0.2, 0.25) is 0 Å². The van der Waals surface area contributed by atoms with Crippen molar-refractivity contribution in [1.29, 1.82) is 0 Å². The Morgan fingerprint density at radius 1 is 1.03 bits per heavy atom. The van der Waals surface area contributed by atoms with Crippen LogP contribution in [0.25, 0.3) is 11.1 Å². The highest BCUT2D eigenvalue weighted by Gasteiger charge is 2.36. The first-order chi connectivity index (χ1) is 14.1. The van der Waals surface area contributed by atoms with E-state index < -0.39 is 23.9 Å². The summed E-state index contributed by atoms with van der Waals surface area (Å²) in [5, 5.41) is 13.4. The lowest BCUT2D eigenvalue weighted by molar-refractivity contribution is -0.159. The Balaban J connectivity index is 1.50. The molecule has 0 amide bonds. The fourth-order valence-electron chi connectivity index (χ4n) is 3.95. The van der Waals surface area contributed by atoms with E-state index >= 15 is 0 Å². The van der Waals surface area contributed by atoms with Crippen LogP contribution in [0, 0.1) is 5.92 Å². The second-order valence-electron chi connectivity index (χ2n) is 7.17. The van der Waals surface area contributed by atoms with E-state index in [-0.39, 0.29) is 12.5 Å². The molecule has 4 rings (SSSR count). The summed E-state index contributed by atoms with van der Waals surface area (Å²) in [5.74, 6) is -3.57. The van der Waals surface area contributed by atoms with E-state index in [0.717, 1.165) is 27.8 Å². The highest BCUT2D eigenvalue weighted by molar-refractivity contribution is 7.07. The fraction of sp³-hybridized carbons (Fsp3) is 0.217. The maximum absolute atomic E-state index is 12.7. The summed E-state index contributed by atoms with van der Waals surface area (Å²) in [6.45, 7) is 0.0851. The number of rotatable bonds is 7. The molecule has 1 aliphatic rings. The number of aliphatic carboxylic acids is 1. The average molecular weight is 407 g/mol. The van der Waals surface area contributed by atoms with E-state index in [4.69, 9.17) is 10.5 Å². The molecule has 1 aliphatic carbocycles. The van der Waals surface area contributed by atoms with E-state index in [1.165, 1.54) is 11.3 Å². The van der Waals surface area contributed by atoms with Gasteiger partial charge < -0.3 is 15.6 Å². The average Bonchev–Trinajstić information content (AvgIpc) is 3.32. The molecule has 5 nitrogen and oxygen atoms in total. The number of esters is 1. The molecule has 0 bridgehead atoms. The summed E-state index contributed by atoms with van der Waals surface area (Å²) in [6.07, 6.45) is 0.310. The SMILES string of the molecule is NC(Cc1ccsc1)[C@@H](C(=O)O)C(=O)OCC1c2ccccc2-c2ccccc21. The first kappa shape index (κ1) is 19.4. The van der Waals surface area contributed by atoms with Crippen molar-refractivity contribution in [3.63, 3.8) is 0 Å². The molecule has 1 aromatic heterocycles. The van der Waals surface area contributed by atoms with Crippen LogP contribution in [0.2, 0.25) is 0 Å². The first-order valence-corrected chi connectivity index (χ1v) is 10.3. The molecule has 0 saturated carbocycles. The second-order valence-corrected chi connectivity index (χ2v) is 7.95. The van der Waals surface area contributed by atoms with Crippen LogP contribution >= 0.6 is 11.3 Å². The van der Waals surface area contributed by atoms with Crippen LogP contribution in [0.3, 0.4) is 0 Å². The number of thiophene rings is 1. The van der Waals surface area contributed by atoms with Crippen molar-refractivity contribution >= 4 is 23.3 Å². The number of carbonyl (C=O) groups excluding carboxylic acids is 1. The molecule has 1 unspecified atom stereocenters. The molecule has 0 fully saturated rings. The summed E-state index contributed by atoms with van der Waals surface area (Å²) < 4.78 is 5.51. The Kier molecular flexibility index (Phi) is 5.47. The molecular formula is C23H21NO4S. The largest absolute Gasteiger partial charge is 0.481 e. The molecule has 0 saturated heterocycles. The van der Waals surface area contributed by atoms with Gasteiger partial charge in [-0.15, -0.1) is 0 Å². The van der Waals surface area contributed by atoms with E-state index in [9.17, 15) is 14.7 Å². The molecule has 1 heterocycles. The topological polar surface area (TPSA) is 89.6 Å². The Labute approximate surface area is 172 Å². The molecular weight excluding hydrogens is 386 g/mol. The van der Waals surface area contributed by atoms with Gasteiger partial charge in [-0.2, -0.15) is 11.3 Å². The zero-order chi connectivity index (χ0) is 20.4. The quantitative estimate of drug-likeness (QED) is 0.461. The van der Waals surface area contributed by atoms with Gasteiger partial charge >= 0.3 is 11.9 Å². The Morgan fingerprint density at radius 3 is 2.21 bits per heavy atom. The van der Waals surface area contributed by atoms with Crippen molar-refractivity contribution in [2.24, 2.45) is 11.7 Å². The van der Waals surface area contributed by atoms with Crippen LogP contribution in [-0.4, -0.2) is 29.7 Å². The number of benzene rings is 2. The Bertz CT molecular complexity index is 985. The standard InChI is InChI=1S/C23H21NO4S/c24-20(11-14-9-10-29-13-14)21(22(25)26)23(27)28-12-19-17-7-3-1-5-15(17)16-6-2-4-8-18(16)19/h1-10,13,19-21H,11-12,24H2,(H,25,26)/t20?,21-/m0/s1. The molecule has 148 valence electrons. The molecule has 29 heavy (non-hydrogen) atoms. The second kappa shape index (κ2) is 8.19. The van der Waals surface area contributed by atoms with Gasteiger partial charge in [0.25, 0.3) is 0 Å². The zero-order valence-electron chi connectivity index (χ0n) is 15.7. The third-order valence-corrected chi connectivity index (χ3v) is 6.09. The van der Waals surface area contributed by atoms with Gasteiger partial charge in [0.15, 0.2) is 5.92 Å². The molecule has 6 heteroatoms. The lowest BCUT2D eigenvalue weighted by Gasteiger charge is -2.20. The van der Waals surface area contributed by atoms with Crippen LogP contribution < -0.4 is 5.73 Å². The number of carbonyl (C=O) groups is 2. The van der Waals surface area contributed by atoms with E-state index in [1.54, 1.807) is 0 Å². The van der Waals surface area contributed by atoms with Crippen molar-refractivity contribution in [3.8, 4) is 11.1 Å². The lowest BCUT2D eigenvalue weighted by atomic mass is 9.95. The van der Waals surface area contributed by atoms with Gasteiger partial charge in [-0.05, 0) is 51.1 Å². The van der Waals surface area contributed by atoms with Crippen LogP contribution in [0.15, 0.2) is 65.4 Å². The van der Waals surface area contributed by atoms with E-state index in [2.05, 4.69) is 0 Å². The molecule has 2 aromatic carbocycles. The lowest BCUT2D eigenvalue weighted by Crippen LogP contribution is -2.43. The number of nitrogens with two attached hydrogens (primary N) is 1. The highest BCUT2D eigenvalue weighted by atomic mass is 32.1. The van der Waals surface area contributed by atoms with Gasteiger partial charge in [-0.25, -0.2) is 0 Å². The van der Waals surface area contributed by atoms with E-state index in [1.807, 2.05) is 65.4 Å². The molecule has 3 aromatic rings. The number of fused-ring (bicyclic) bond motifs is 3. The molecule has 2 atom stereocenters. The Hall–Kier alpha value is -2.96. The third-order valence-electron chi connectivity index (χ3n) is 5.35. The smallest absolute Gasteiger partial charge is 0.321 e. The normalized spacial score (nSPS) is 14.7. The number of ether oxygens (including phenoxy) is 1.